The van der Waals surface area contributed by atoms with Gasteiger partial charge in [0, 0.05) is 36.1 Å². The average Bonchev–Trinajstić information content (AvgIpc) is 2.82. The number of hydrogen-bond acceptors (Lipinski definition) is 4. The number of halogens is 4. The minimum absolute atomic E-state index is 0.117. The largest absolute Gasteiger partial charge is 0.433 e. The third-order valence-electron chi connectivity index (χ3n) is 7.28. The zero-order chi connectivity index (χ0) is 25.9. The summed E-state index contributed by atoms with van der Waals surface area (Å²) < 4.78 is 41.0. The molecule has 1 saturated heterocycles. The number of benzene rings is 1. The Hall–Kier alpha value is -2.13. The molecule has 0 unspecified atom stereocenters. The van der Waals surface area contributed by atoms with Crippen LogP contribution in [0.4, 0.5) is 24.9 Å². The number of nitrogens with one attached hydrogen (secondary N) is 2. The first-order valence-electron chi connectivity index (χ1n) is 12.6. The molecule has 36 heavy (non-hydrogen) atoms. The van der Waals surface area contributed by atoms with Crippen LogP contribution in [-0.2, 0) is 11.6 Å². The Morgan fingerprint density at radius 3 is 2.33 bits per heavy atom. The van der Waals surface area contributed by atoms with E-state index in [9.17, 15) is 13.2 Å². The predicted molar refractivity (Wildman–Crippen MR) is 143 cm³/mol. The molecule has 0 bridgehead atoms. The van der Waals surface area contributed by atoms with Gasteiger partial charge in [0.1, 0.15) is 5.82 Å². The van der Waals surface area contributed by atoms with Crippen LogP contribution in [0.1, 0.15) is 63.6 Å². The van der Waals surface area contributed by atoms with Crippen LogP contribution in [0.2, 0.25) is 5.02 Å². The summed E-state index contributed by atoms with van der Waals surface area (Å²) in [5.41, 5.74) is 0.0931. The van der Waals surface area contributed by atoms with Crippen molar-refractivity contribution in [2.24, 2.45) is 11.8 Å². The SMILES string of the molecule is C[C@@H]1C[C@H](C)CN(c2cc(C(F)(F)F)nc(NC(=S)NCC3(c4ccc(Cl)cc4)CCCCC3)n2)C1. The molecule has 2 aliphatic rings. The highest BCUT2D eigenvalue weighted by molar-refractivity contribution is 7.80. The van der Waals surface area contributed by atoms with Crippen molar-refractivity contribution in [3.8, 4) is 0 Å². The maximum absolute atomic E-state index is 13.7. The molecule has 1 aliphatic carbocycles. The number of hydrogen-bond donors (Lipinski definition) is 2. The summed E-state index contributed by atoms with van der Waals surface area (Å²) in [6.45, 7) is 6.09. The second-order valence-corrected chi connectivity index (χ2v) is 11.3. The summed E-state index contributed by atoms with van der Waals surface area (Å²) in [5.74, 6) is 0.867. The molecule has 0 amide bonds. The highest BCUT2D eigenvalue weighted by Crippen LogP contribution is 2.39. The van der Waals surface area contributed by atoms with Crippen LogP contribution >= 0.6 is 23.8 Å². The number of nitrogens with zero attached hydrogens (tertiary/aromatic N) is 3. The first-order chi connectivity index (χ1) is 17.0. The molecule has 5 nitrogen and oxygen atoms in total. The smallest absolute Gasteiger partial charge is 0.361 e. The molecular formula is C26H33ClF3N5S. The van der Waals surface area contributed by atoms with Crippen molar-refractivity contribution in [1.82, 2.24) is 15.3 Å². The first-order valence-corrected chi connectivity index (χ1v) is 13.3. The number of thiocarbonyl (C=S) groups is 1. The van der Waals surface area contributed by atoms with Crippen molar-refractivity contribution in [2.45, 2.75) is 64.0 Å². The Bertz CT molecular complexity index is 1050. The van der Waals surface area contributed by atoms with Gasteiger partial charge in [-0.2, -0.15) is 18.2 Å². The number of rotatable bonds is 5. The van der Waals surface area contributed by atoms with E-state index in [0.717, 1.165) is 38.2 Å². The standard InChI is InChI=1S/C26H33ClF3N5S/c1-17-12-18(2)15-35(14-17)22-13-21(26(28,29)30)32-23(33-22)34-24(36)31-16-25(10-4-3-5-11-25)19-6-8-20(27)9-7-19/h6-9,13,17-18H,3-5,10-12,14-16H2,1-2H3,(H2,31,32,33,34,36)/t17-,18+. The molecule has 10 heteroatoms. The van der Waals surface area contributed by atoms with Gasteiger partial charge in [-0.3, -0.25) is 0 Å². The Labute approximate surface area is 221 Å². The van der Waals surface area contributed by atoms with Crippen LogP contribution in [-0.4, -0.2) is 34.7 Å². The fourth-order valence-electron chi connectivity index (χ4n) is 5.64. The minimum Gasteiger partial charge on any atom is -0.361 e. The molecule has 2 aromatic rings. The van der Waals surface area contributed by atoms with Gasteiger partial charge >= 0.3 is 6.18 Å². The van der Waals surface area contributed by atoms with Crippen molar-refractivity contribution in [3.05, 3.63) is 46.6 Å². The van der Waals surface area contributed by atoms with Gasteiger partial charge in [-0.15, -0.1) is 0 Å². The van der Waals surface area contributed by atoms with E-state index >= 15 is 0 Å². The van der Waals surface area contributed by atoms with Gasteiger partial charge in [0.05, 0.1) is 0 Å². The van der Waals surface area contributed by atoms with Crippen LogP contribution in [0.25, 0.3) is 0 Å². The second-order valence-electron chi connectivity index (χ2n) is 10.4. The molecule has 1 aromatic carbocycles. The van der Waals surface area contributed by atoms with Crippen LogP contribution in [0.5, 0.6) is 0 Å². The van der Waals surface area contributed by atoms with E-state index < -0.39 is 11.9 Å². The lowest BCUT2D eigenvalue weighted by Crippen LogP contribution is -2.44. The van der Waals surface area contributed by atoms with E-state index in [1.807, 2.05) is 17.0 Å². The van der Waals surface area contributed by atoms with Crippen molar-refractivity contribution < 1.29 is 13.2 Å². The Morgan fingerprint density at radius 2 is 1.72 bits per heavy atom. The van der Waals surface area contributed by atoms with Crippen LogP contribution in [0, 0.1) is 11.8 Å². The van der Waals surface area contributed by atoms with E-state index in [0.29, 0.717) is 36.5 Å². The Morgan fingerprint density at radius 1 is 1.08 bits per heavy atom. The predicted octanol–water partition coefficient (Wildman–Crippen LogP) is 6.82. The molecule has 1 aliphatic heterocycles. The number of anilines is 2. The van der Waals surface area contributed by atoms with Crippen LogP contribution in [0.15, 0.2) is 30.3 Å². The average molecular weight is 540 g/mol. The number of piperidine rings is 1. The lowest BCUT2D eigenvalue weighted by atomic mass is 9.69. The molecule has 1 aromatic heterocycles. The van der Waals surface area contributed by atoms with Crippen LogP contribution < -0.4 is 15.5 Å². The van der Waals surface area contributed by atoms with Crippen LogP contribution in [0.3, 0.4) is 0 Å². The quantitative estimate of drug-likeness (QED) is 0.407. The van der Waals surface area contributed by atoms with E-state index in [1.165, 1.54) is 12.0 Å². The number of aromatic nitrogens is 2. The monoisotopic (exact) mass is 539 g/mol. The van der Waals surface area contributed by atoms with E-state index in [-0.39, 0.29) is 22.3 Å². The summed E-state index contributed by atoms with van der Waals surface area (Å²) in [6, 6.07) is 8.92. The van der Waals surface area contributed by atoms with Crippen molar-refractivity contribution in [3.63, 3.8) is 0 Å². The third kappa shape index (κ3) is 6.59. The highest BCUT2D eigenvalue weighted by atomic mass is 35.5. The zero-order valence-corrected chi connectivity index (χ0v) is 22.2. The van der Waals surface area contributed by atoms with Gasteiger partial charge in [-0.25, -0.2) is 4.98 Å². The van der Waals surface area contributed by atoms with E-state index in [2.05, 4.69) is 46.6 Å². The lowest BCUT2D eigenvalue weighted by Gasteiger charge is -2.38. The molecular weight excluding hydrogens is 507 g/mol. The molecule has 2 N–H and O–H groups in total. The van der Waals surface area contributed by atoms with Gasteiger partial charge in [0.25, 0.3) is 0 Å². The fraction of sp³-hybridized carbons (Fsp3) is 0.577. The van der Waals surface area contributed by atoms with Gasteiger partial charge in [-0.05, 0) is 61.0 Å². The Kier molecular flexibility index (Phi) is 8.29. The van der Waals surface area contributed by atoms with Crippen molar-refractivity contribution >= 4 is 40.7 Å². The first kappa shape index (κ1) is 26.9. The van der Waals surface area contributed by atoms with Crippen molar-refractivity contribution in [2.75, 3.05) is 29.9 Å². The Balaban J connectivity index is 1.51. The minimum atomic E-state index is -4.59. The molecule has 2 heterocycles. The maximum Gasteiger partial charge on any atom is 0.433 e. The number of alkyl halides is 3. The highest BCUT2D eigenvalue weighted by Gasteiger charge is 2.36. The van der Waals surface area contributed by atoms with Gasteiger partial charge in [0.2, 0.25) is 5.95 Å². The fourth-order valence-corrected chi connectivity index (χ4v) is 5.93. The summed E-state index contributed by atoms with van der Waals surface area (Å²) in [4.78, 5) is 10.1. The molecule has 1 saturated carbocycles. The lowest BCUT2D eigenvalue weighted by molar-refractivity contribution is -0.141. The molecule has 2 fully saturated rings. The van der Waals surface area contributed by atoms with E-state index in [1.54, 1.807) is 0 Å². The third-order valence-corrected chi connectivity index (χ3v) is 7.77. The molecule has 196 valence electrons. The van der Waals surface area contributed by atoms with Gasteiger partial charge < -0.3 is 15.5 Å². The normalized spacial score (nSPS) is 22.2. The van der Waals surface area contributed by atoms with Gasteiger partial charge in [-0.1, -0.05) is 56.8 Å². The molecule has 4 rings (SSSR count). The van der Waals surface area contributed by atoms with Crippen molar-refractivity contribution in [1.29, 1.82) is 0 Å². The summed E-state index contributed by atoms with van der Waals surface area (Å²) in [7, 11) is 0. The molecule has 0 radical (unpaired) electrons. The second kappa shape index (κ2) is 11.1. The molecule has 0 spiro atoms. The summed E-state index contributed by atoms with van der Waals surface area (Å²) in [6.07, 6.45) is 1.86. The maximum atomic E-state index is 13.7. The topological polar surface area (TPSA) is 53.1 Å². The van der Waals surface area contributed by atoms with Gasteiger partial charge in [0.15, 0.2) is 10.8 Å². The summed E-state index contributed by atoms with van der Waals surface area (Å²) in [5, 5.41) is 6.96. The van der Waals surface area contributed by atoms with E-state index in [4.69, 9.17) is 23.8 Å². The zero-order valence-electron chi connectivity index (χ0n) is 20.7. The molecule has 2 atom stereocenters. The summed E-state index contributed by atoms with van der Waals surface area (Å²) >= 11 is 11.6.